The second-order valence-electron chi connectivity index (χ2n) is 7.68. The van der Waals surface area contributed by atoms with E-state index in [1.807, 2.05) is 13.8 Å². The van der Waals surface area contributed by atoms with Crippen LogP contribution >= 0.6 is 7.82 Å². The third-order valence-electron chi connectivity index (χ3n) is 4.47. The fourth-order valence-corrected chi connectivity index (χ4v) is 4.58. The van der Waals surface area contributed by atoms with Gasteiger partial charge in [-0.3, -0.25) is 13.6 Å². The minimum Gasteiger partial charge on any atom is -0.374 e. The van der Waals surface area contributed by atoms with Crippen molar-refractivity contribution in [3.63, 3.8) is 0 Å². The monoisotopic (exact) mass is 429 g/mol. The lowest BCUT2D eigenvalue weighted by Crippen LogP contribution is -2.36. The fourth-order valence-electron chi connectivity index (χ4n) is 3.44. The van der Waals surface area contributed by atoms with Gasteiger partial charge in [0.2, 0.25) is 5.95 Å². The smallest absolute Gasteiger partial charge is 0.374 e. The lowest BCUT2D eigenvalue weighted by atomic mass is 10.0. The maximum Gasteiger partial charge on any atom is 0.472 e. The van der Waals surface area contributed by atoms with Crippen LogP contribution in [0.25, 0.3) is 11.2 Å². The SMILES string of the molecule is COC1[C@@H](OP(=O)(O)OC(C)C)[C@@H](CC(C)C)O[C@H]1n1cnc2cnc(N)nc21. The predicted octanol–water partition coefficient (Wildman–Crippen LogP) is 2.28. The Hall–Kier alpha value is -1.62. The Morgan fingerprint density at radius 1 is 1.31 bits per heavy atom. The van der Waals surface area contributed by atoms with E-state index in [-0.39, 0.29) is 11.9 Å². The van der Waals surface area contributed by atoms with E-state index in [0.29, 0.717) is 17.6 Å². The summed E-state index contributed by atoms with van der Waals surface area (Å²) in [5.74, 6) is 0.354. The number of phosphoric acid groups is 1. The molecule has 12 heteroatoms. The van der Waals surface area contributed by atoms with E-state index >= 15 is 0 Å². The zero-order chi connectivity index (χ0) is 21.3. The van der Waals surface area contributed by atoms with E-state index in [0.717, 1.165) is 0 Å². The van der Waals surface area contributed by atoms with Crippen LogP contribution in [-0.2, 0) is 23.1 Å². The Labute approximate surface area is 169 Å². The summed E-state index contributed by atoms with van der Waals surface area (Å²) in [6.45, 7) is 7.36. The average Bonchev–Trinajstić information content (AvgIpc) is 3.13. The van der Waals surface area contributed by atoms with Crippen molar-refractivity contribution in [3.8, 4) is 0 Å². The molecule has 0 bridgehead atoms. The summed E-state index contributed by atoms with van der Waals surface area (Å²) in [6.07, 6.45) is 0.445. The zero-order valence-electron chi connectivity index (χ0n) is 17.1. The molecule has 1 aliphatic rings. The Morgan fingerprint density at radius 2 is 2.03 bits per heavy atom. The molecule has 3 N–H and O–H groups in total. The van der Waals surface area contributed by atoms with Crippen molar-refractivity contribution >= 4 is 24.9 Å². The second-order valence-corrected chi connectivity index (χ2v) is 9.04. The van der Waals surface area contributed by atoms with Crippen molar-refractivity contribution in [3.05, 3.63) is 12.5 Å². The Kier molecular flexibility index (Phi) is 6.57. The molecule has 0 radical (unpaired) electrons. The van der Waals surface area contributed by atoms with E-state index in [4.69, 9.17) is 24.3 Å². The van der Waals surface area contributed by atoms with Gasteiger partial charge in [-0.1, -0.05) is 13.8 Å². The standard InChI is InChI=1S/C17H28N5O6P/c1-9(2)6-12-13(28-29(23,24)27-10(3)4)14(25-5)16(26-12)22-8-20-11-7-19-17(18)21-15(11)22/h7-10,12-14,16H,6H2,1-5H3,(H,23,24)(H2,18,19,21)/t12-,13+,14?,16-/m1/s1. The number of rotatable bonds is 8. The molecular weight excluding hydrogens is 401 g/mol. The van der Waals surface area contributed by atoms with Gasteiger partial charge < -0.3 is 20.1 Å². The second kappa shape index (κ2) is 8.63. The topological polar surface area (TPSA) is 144 Å². The van der Waals surface area contributed by atoms with Gasteiger partial charge in [0.1, 0.15) is 17.7 Å². The summed E-state index contributed by atoms with van der Waals surface area (Å²) in [7, 11) is -2.83. The molecule has 0 saturated carbocycles. The molecule has 0 aromatic carbocycles. The van der Waals surface area contributed by atoms with Crippen LogP contribution < -0.4 is 5.73 Å². The van der Waals surface area contributed by atoms with Crippen molar-refractivity contribution in [2.75, 3.05) is 12.8 Å². The first-order valence-corrected chi connectivity index (χ1v) is 10.9. The highest BCUT2D eigenvalue weighted by atomic mass is 31.2. The van der Waals surface area contributed by atoms with Crippen LogP contribution in [0.3, 0.4) is 0 Å². The van der Waals surface area contributed by atoms with Crippen molar-refractivity contribution in [1.29, 1.82) is 0 Å². The molecule has 0 aliphatic carbocycles. The normalized spacial score (nSPS) is 27.2. The molecule has 162 valence electrons. The minimum absolute atomic E-state index is 0.0999. The van der Waals surface area contributed by atoms with Gasteiger partial charge in [0.05, 0.1) is 24.7 Å². The maximum atomic E-state index is 12.5. The molecule has 0 spiro atoms. The van der Waals surface area contributed by atoms with Crippen molar-refractivity contribution in [2.45, 2.75) is 64.8 Å². The van der Waals surface area contributed by atoms with Crippen LogP contribution in [0.4, 0.5) is 5.95 Å². The highest BCUT2D eigenvalue weighted by Gasteiger charge is 2.50. The Balaban J connectivity index is 1.96. The first-order valence-electron chi connectivity index (χ1n) is 9.44. The third kappa shape index (κ3) is 4.93. The fraction of sp³-hybridized carbons (Fsp3) is 0.706. The predicted molar refractivity (Wildman–Crippen MR) is 105 cm³/mol. The summed E-state index contributed by atoms with van der Waals surface area (Å²) in [5.41, 5.74) is 6.73. The highest BCUT2D eigenvalue weighted by molar-refractivity contribution is 7.47. The first kappa shape index (κ1) is 22.1. The number of imidazole rings is 1. The zero-order valence-corrected chi connectivity index (χ0v) is 18.0. The molecule has 2 aromatic rings. The largest absolute Gasteiger partial charge is 0.472 e. The number of fused-ring (bicyclic) bond motifs is 1. The van der Waals surface area contributed by atoms with E-state index in [1.54, 1.807) is 24.7 Å². The van der Waals surface area contributed by atoms with Gasteiger partial charge in [-0.2, -0.15) is 4.98 Å². The van der Waals surface area contributed by atoms with Crippen LogP contribution in [0.1, 0.15) is 40.3 Å². The van der Waals surface area contributed by atoms with Crippen molar-refractivity contribution in [1.82, 2.24) is 19.5 Å². The summed E-state index contributed by atoms with van der Waals surface area (Å²) in [6, 6.07) is 0. The average molecular weight is 429 g/mol. The van der Waals surface area contributed by atoms with E-state index < -0.39 is 38.5 Å². The number of hydrogen-bond donors (Lipinski definition) is 2. The molecule has 2 aromatic heterocycles. The van der Waals surface area contributed by atoms with Crippen LogP contribution in [0.5, 0.6) is 0 Å². The molecule has 1 fully saturated rings. The maximum absolute atomic E-state index is 12.5. The van der Waals surface area contributed by atoms with Gasteiger partial charge >= 0.3 is 7.82 Å². The quantitative estimate of drug-likeness (QED) is 0.600. The van der Waals surface area contributed by atoms with Gasteiger partial charge in [0.25, 0.3) is 0 Å². The van der Waals surface area contributed by atoms with Gasteiger partial charge in [0, 0.05) is 7.11 Å². The van der Waals surface area contributed by atoms with Crippen LogP contribution in [0, 0.1) is 5.92 Å². The molecule has 29 heavy (non-hydrogen) atoms. The summed E-state index contributed by atoms with van der Waals surface area (Å²) >= 11 is 0. The number of nitrogen functional groups attached to an aromatic ring is 1. The lowest BCUT2D eigenvalue weighted by molar-refractivity contribution is -0.0520. The molecular formula is C17H28N5O6P. The van der Waals surface area contributed by atoms with Crippen LogP contribution in [-0.4, -0.2) is 55.9 Å². The number of methoxy groups -OCH3 is 1. The van der Waals surface area contributed by atoms with E-state index in [2.05, 4.69) is 15.0 Å². The first-order chi connectivity index (χ1) is 13.6. The number of nitrogens with two attached hydrogens (primary N) is 1. The van der Waals surface area contributed by atoms with Crippen LogP contribution in [0.2, 0.25) is 0 Å². The Bertz CT molecular complexity index is 890. The molecule has 0 amide bonds. The number of hydrogen-bond acceptors (Lipinski definition) is 9. The molecule has 2 unspecified atom stereocenters. The third-order valence-corrected chi connectivity index (χ3v) is 5.67. The lowest BCUT2D eigenvalue weighted by Gasteiger charge is -2.26. The highest BCUT2D eigenvalue weighted by Crippen LogP contribution is 2.50. The van der Waals surface area contributed by atoms with Gasteiger partial charge in [-0.25, -0.2) is 14.5 Å². The summed E-state index contributed by atoms with van der Waals surface area (Å²) in [5, 5.41) is 0. The minimum atomic E-state index is -4.32. The van der Waals surface area contributed by atoms with E-state index in [9.17, 15) is 9.46 Å². The van der Waals surface area contributed by atoms with Crippen molar-refractivity contribution in [2.24, 2.45) is 5.92 Å². The van der Waals surface area contributed by atoms with Crippen LogP contribution in [0.15, 0.2) is 12.5 Å². The van der Waals surface area contributed by atoms with Crippen molar-refractivity contribution < 1.29 is 28.0 Å². The molecule has 11 nitrogen and oxygen atoms in total. The molecule has 3 rings (SSSR count). The van der Waals surface area contributed by atoms with E-state index in [1.165, 1.54) is 13.3 Å². The summed E-state index contributed by atoms with van der Waals surface area (Å²) < 4.78 is 36.6. The number of phosphoric ester groups is 1. The number of ether oxygens (including phenoxy) is 2. The summed E-state index contributed by atoms with van der Waals surface area (Å²) in [4.78, 5) is 22.6. The molecule has 1 saturated heterocycles. The Morgan fingerprint density at radius 3 is 2.66 bits per heavy atom. The molecule has 3 heterocycles. The molecule has 1 aliphatic heterocycles. The number of aromatic nitrogens is 4. The number of anilines is 1. The van der Waals surface area contributed by atoms with Gasteiger partial charge in [-0.15, -0.1) is 0 Å². The molecule has 5 atom stereocenters. The van der Waals surface area contributed by atoms with Gasteiger partial charge in [-0.05, 0) is 26.2 Å². The van der Waals surface area contributed by atoms with Gasteiger partial charge in [0.15, 0.2) is 11.9 Å². The number of nitrogens with zero attached hydrogens (tertiary/aromatic N) is 4.